The quantitative estimate of drug-likeness (QED) is 0.185. The molecule has 0 fully saturated rings. The van der Waals surface area contributed by atoms with Gasteiger partial charge in [0.15, 0.2) is 17.5 Å². The predicted octanol–water partition coefficient (Wildman–Crippen LogP) is 11.4. The summed E-state index contributed by atoms with van der Waals surface area (Å²) in [6, 6.07) is 54.9. The van der Waals surface area contributed by atoms with Crippen molar-refractivity contribution in [2.45, 2.75) is 0 Å². The number of para-hydroxylation sites is 1. The topological polar surface area (TPSA) is 56.5 Å². The third-order valence-electron chi connectivity index (χ3n) is 9.31. The molecule has 10 rings (SSSR count). The zero-order valence-electron chi connectivity index (χ0n) is 26.7. The number of pyridine rings is 1. The van der Waals surface area contributed by atoms with Gasteiger partial charge in [-0.25, -0.2) is 19.9 Å². The average Bonchev–Trinajstić information content (AvgIpc) is 3.74. The first-order chi connectivity index (χ1) is 24.8. The highest BCUT2D eigenvalue weighted by Gasteiger charge is 2.18. The molecule has 0 bridgehead atoms. The summed E-state index contributed by atoms with van der Waals surface area (Å²) < 4.78 is 4.67. The van der Waals surface area contributed by atoms with Crippen molar-refractivity contribution in [3.8, 4) is 51.0 Å². The fourth-order valence-electron chi connectivity index (χ4n) is 6.99. The van der Waals surface area contributed by atoms with Crippen LogP contribution in [0.15, 0.2) is 164 Å². The number of fused-ring (bicyclic) bond motifs is 6. The summed E-state index contributed by atoms with van der Waals surface area (Å²) in [5, 5.41) is 4.66. The van der Waals surface area contributed by atoms with Gasteiger partial charge in [0.25, 0.3) is 0 Å². The van der Waals surface area contributed by atoms with Crippen LogP contribution in [0.1, 0.15) is 0 Å². The largest absolute Gasteiger partial charge is 0.294 e. The molecule has 0 amide bonds. The minimum atomic E-state index is 0.657. The Kier molecular flexibility index (Phi) is 6.60. The molecule has 4 aromatic heterocycles. The Morgan fingerprint density at radius 1 is 0.440 bits per heavy atom. The molecule has 0 unspecified atom stereocenters. The van der Waals surface area contributed by atoms with E-state index in [0.717, 1.165) is 55.4 Å². The van der Waals surface area contributed by atoms with Gasteiger partial charge in [-0.15, -0.1) is 11.3 Å². The summed E-state index contributed by atoms with van der Waals surface area (Å²) in [6.07, 6.45) is 1.87. The van der Waals surface area contributed by atoms with Crippen LogP contribution < -0.4 is 0 Å². The smallest absolute Gasteiger partial charge is 0.164 e. The predicted molar refractivity (Wildman–Crippen MR) is 207 cm³/mol. The van der Waals surface area contributed by atoms with Crippen molar-refractivity contribution in [3.63, 3.8) is 0 Å². The number of thiophene rings is 1. The van der Waals surface area contributed by atoms with Gasteiger partial charge in [-0.3, -0.25) is 4.57 Å². The van der Waals surface area contributed by atoms with Gasteiger partial charge in [0.05, 0.1) is 5.52 Å². The maximum atomic E-state index is 5.08. The molecule has 0 saturated heterocycles. The van der Waals surface area contributed by atoms with Crippen LogP contribution in [0.25, 0.3) is 93.1 Å². The van der Waals surface area contributed by atoms with E-state index in [9.17, 15) is 0 Å². The SMILES string of the molecule is c1ccc(-c2nc(-c3ccccc3)nc(-c3cccc4sc5ccc(-c6ccc7c(c6)c6cccnc6n7-c6ccccc6)cc5c34)n2)cc1. The number of hydrogen-bond acceptors (Lipinski definition) is 5. The van der Waals surface area contributed by atoms with E-state index in [1.54, 1.807) is 11.3 Å². The second kappa shape index (κ2) is 11.6. The molecule has 10 aromatic rings. The van der Waals surface area contributed by atoms with E-state index in [1.807, 2.05) is 79.0 Å². The van der Waals surface area contributed by atoms with Crippen LogP contribution >= 0.6 is 11.3 Å². The number of aromatic nitrogens is 5. The minimum Gasteiger partial charge on any atom is -0.294 e. The van der Waals surface area contributed by atoms with Crippen molar-refractivity contribution >= 4 is 53.4 Å². The molecule has 0 saturated carbocycles. The Labute approximate surface area is 291 Å². The molecular weight excluding hydrogens is 631 g/mol. The van der Waals surface area contributed by atoms with E-state index in [0.29, 0.717) is 17.5 Å². The van der Waals surface area contributed by atoms with E-state index in [2.05, 4.69) is 89.5 Å². The normalized spacial score (nSPS) is 11.6. The number of nitrogens with zero attached hydrogens (tertiary/aromatic N) is 5. The van der Waals surface area contributed by atoms with Crippen LogP contribution in [0.2, 0.25) is 0 Å². The Balaban J connectivity index is 1.16. The highest BCUT2D eigenvalue weighted by Crippen LogP contribution is 2.42. The van der Waals surface area contributed by atoms with E-state index in [4.69, 9.17) is 19.9 Å². The molecule has 6 aromatic carbocycles. The number of hydrogen-bond donors (Lipinski definition) is 0. The summed E-state index contributed by atoms with van der Waals surface area (Å²) in [7, 11) is 0. The molecule has 6 heteroatoms. The summed E-state index contributed by atoms with van der Waals surface area (Å²) in [6.45, 7) is 0. The first kappa shape index (κ1) is 28.5. The molecule has 0 spiro atoms. The van der Waals surface area contributed by atoms with Gasteiger partial charge in [-0.1, -0.05) is 103 Å². The molecule has 50 heavy (non-hydrogen) atoms. The highest BCUT2D eigenvalue weighted by molar-refractivity contribution is 7.26. The van der Waals surface area contributed by atoms with Crippen LogP contribution in [0.4, 0.5) is 0 Å². The average molecular weight is 658 g/mol. The fraction of sp³-hybridized carbons (Fsp3) is 0. The Morgan fingerprint density at radius 2 is 1.08 bits per heavy atom. The molecule has 0 atom stereocenters. The van der Waals surface area contributed by atoms with Crippen LogP contribution in [-0.2, 0) is 0 Å². The molecule has 0 aliphatic carbocycles. The van der Waals surface area contributed by atoms with Crippen molar-refractivity contribution < 1.29 is 0 Å². The lowest BCUT2D eigenvalue weighted by Crippen LogP contribution is -2.00. The second-order valence-electron chi connectivity index (χ2n) is 12.3. The fourth-order valence-corrected chi connectivity index (χ4v) is 8.10. The van der Waals surface area contributed by atoms with Crippen molar-refractivity contribution in [2.75, 3.05) is 0 Å². The van der Waals surface area contributed by atoms with Gasteiger partial charge >= 0.3 is 0 Å². The lowest BCUT2D eigenvalue weighted by Gasteiger charge is -2.10. The molecular formula is C44H27N5S. The van der Waals surface area contributed by atoms with Gasteiger partial charge in [-0.2, -0.15) is 0 Å². The van der Waals surface area contributed by atoms with Crippen molar-refractivity contribution in [2.24, 2.45) is 0 Å². The van der Waals surface area contributed by atoms with Crippen LogP contribution in [0.3, 0.4) is 0 Å². The summed E-state index contributed by atoms with van der Waals surface area (Å²) >= 11 is 1.80. The molecule has 234 valence electrons. The minimum absolute atomic E-state index is 0.657. The van der Waals surface area contributed by atoms with Crippen LogP contribution in [-0.4, -0.2) is 24.5 Å². The van der Waals surface area contributed by atoms with Crippen molar-refractivity contribution in [1.82, 2.24) is 24.5 Å². The lowest BCUT2D eigenvalue weighted by molar-refractivity contribution is 1.08. The monoisotopic (exact) mass is 657 g/mol. The summed E-state index contributed by atoms with van der Waals surface area (Å²) in [5.41, 5.74) is 8.41. The second-order valence-corrected chi connectivity index (χ2v) is 13.4. The molecule has 0 N–H and O–H groups in total. The highest BCUT2D eigenvalue weighted by atomic mass is 32.1. The Bertz CT molecular complexity index is 2800. The van der Waals surface area contributed by atoms with Crippen LogP contribution in [0, 0.1) is 0 Å². The van der Waals surface area contributed by atoms with Gasteiger partial charge < -0.3 is 0 Å². The van der Waals surface area contributed by atoms with E-state index in [-0.39, 0.29) is 0 Å². The van der Waals surface area contributed by atoms with E-state index >= 15 is 0 Å². The number of benzene rings is 6. The zero-order valence-corrected chi connectivity index (χ0v) is 27.5. The maximum absolute atomic E-state index is 5.08. The Morgan fingerprint density at radius 3 is 1.80 bits per heavy atom. The third-order valence-corrected chi connectivity index (χ3v) is 10.4. The maximum Gasteiger partial charge on any atom is 0.164 e. The first-order valence-electron chi connectivity index (χ1n) is 16.6. The standard InChI is InChI=1S/C44H27N5S/c1-4-12-28(13-5-1)41-46-42(29-14-6-2-7-15-29)48-43(47-41)34-18-10-20-39-40(34)36-27-31(22-24-38(36)50-39)30-21-23-37-35(26-30)33-19-11-25-45-44(33)49(37)32-16-8-3-9-17-32/h1-27H. The lowest BCUT2D eigenvalue weighted by atomic mass is 9.99. The molecule has 5 nitrogen and oxygen atoms in total. The molecule has 0 aliphatic heterocycles. The van der Waals surface area contributed by atoms with E-state index in [1.165, 1.54) is 20.2 Å². The van der Waals surface area contributed by atoms with E-state index < -0.39 is 0 Å². The van der Waals surface area contributed by atoms with Crippen molar-refractivity contribution in [1.29, 1.82) is 0 Å². The molecule has 4 heterocycles. The van der Waals surface area contributed by atoms with Gasteiger partial charge in [-0.05, 0) is 65.7 Å². The van der Waals surface area contributed by atoms with Crippen LogP contribution in [0.5, 0.6) is 0 Å². The Hall–Kier alpha value is -6.50. The zero-order chi connectivity index (χ0) is 33.0. The number of rotatable bonds is 5. The first-order valence-corrected chi connectivity index (χ1v) is 17.4. The van der Waals surface area contributed by atoms with Crippen molar-refractivity contribution in [3.05, 3.63) is 164 Å². The molecule has 0 radical (unpaired) electrons. The third kappa shape index (κ3) is 4.69. The van der Waals surface area contributed by atoms with Gasteiger partial charge in [0.1, 0.15) is 5.65 Å². The summed E-state index contributed by atoms with van der Waals surface area (Å²) in [4.78, 5) is 19.9. The summed E-state index contributed by atoms with van der Waals surface area (Å²) in [5.74, 6) is 1.98. The van der Waals surface area contributed by atoms with Gasteiger partial charge in [0.2, 0.25) is 0 Å². The molecule has 0 aliphatic rings. The van der Waals surface area contributed by atoms with Gasteiger partial charge in [0, 0.05) is 59.5 Å².